The Balaban J connectivity index is 2.98. The van der Waals surface area contributed by atoms with E-state index < -0.39 is 0 Å². The van der Waals surface area contributed by atoms with Crippen molar-refractivity contribution in [1.29, 1.82) is 0 Å². The quantitative estimate of drug-likeness (QED) is 0.841. The zero-order valence-corrected chi connectivity index (χ0v) is 12.0. The van der Waals surface area contributed by atoms with Gasteiger partial charge in [0.15, 0.2) is 0 Å². The lowest BCUT2D eigenvalue weighted by Gasteiger charge is -2.29. The summed E-state index contributed by atoms with van der Waals surface area (Å²) in [6.45, 7) is 12.9. The Morgan fingerprint density at radius 1 is 1.24 bits per heavy atom. The highest BCUT2D eigenvalue weighted by atomic mass is 15.1. The predicted molar refractivity (Wildman–Crippen MR) is 73.5 cm³/mol. The number of anilines is 1. The highest BCUT2D eigenvalue weighted by Gasteiger charge is 2.20. The van der Waals surface area contributed by atoms with Gasteiger partial charge >= 0.3 is 0 Å². The molecule has 0 aliphatic rings. The van der Waals surface area contributed by atoms with E-state index >= 15 is 0 Å². The maximum atomic E-state index is 4.59. The Morgan fingerprint density at radius 3 is 2.29 bits per heavy atom. The first-order valence-corrected chi connectivity index (χ1v) is 6.54. The van der Waals surface area contributed by atoms with Crippen LogP contribution in [0.1, 0.15) is 64.9 Å². The van der Waals surface area contributed by atoms with Crippen molar-refractivity contribution in [3.8, 4) is 0 Å². The minimum Gasteiger partial charge on any atom is -0.365 e. The van der Waals surface area contributed by atoms with Crippen molar-refractivity contribution < 1.29 is 0 Å². The van der Waals surface area contributed by atoms with Gasteiger partial charge in [-0.15, -0.1) is 0 Å². The Morgan fingerprint density at radius 2 is 1.82 bits per heavy atom. The fraction of sp³-hybridized carbons (Fsp3) is 0.714. The van der Waals surface area contributed by atoms with Gasteiger partial charge < -0.3 is 5.32 Å². The van der Waals surface area contributed by atoms with E-state index in [0.717, 1.165) is 30.2 Å². The summed E-state index contributed by atoms with van der Waals surface area (Å²) in [5.41, 5.74) is 1.15. The predicted octanol–water partition coefficient (Wildman–Crippen LogP) is 3.90. The van der Waals surface area contributed by atoms with Gasteiger partial charge in [-0.05, 0) is 26.7 Å². The first-order valence-electron chi connectivity index (χ1n) is 6.54. The van der Waals surface area contributed by atoms with Crippen LogP contribution in [0.2, 0.25) is 0 Å². The van der Waals surface area contributed by atoms with E-state index in [1.165, 1.54) is 0 Å². The first-order chi connectivity index (χ1) is 7.90. The van der Waals surface area contributed by atoms with E-state index in [1.54, 1.807) is 0 Å². The van der Waals surface area contributed by atoms with Gasteiger partial charge in [-0.2, -0.15) is 0 Å². The van der Waals surface area contributed by atoms with Crippen molar-refractivity contribution in [2.75, 3.05) is 5.32 Å². The van der Waals surface area contributed by atoms with Crippen molar-refractivity contribution in [3.63, 3.8) is 0 Å². The maximum absolute atomic E-state index is 4.59. The number of hydrogen-bond donors (Lipinski definition) is 1. The number of nitrogens with one attached hydrogen (secondary N) is 1. The topological polar surface area (TPSA) is 37.8 Å². The van der Waals surface area contributed by atoms with Crippen molar-refractivity contribution in [2.24, 2.45) is 0 Å². The molecule has 17 heavy (non-hydrogen) atoms. The molecular weight excluding hydrogens is 210 g/mol. The van der Waals surface area contributed by atoms with Crippen LogP contribution in [0.15, 0.2) is 6.07 Å². The highest BCUT2D eigenvalue weighted by molar-refractivity contribution is 5.39. The summed E-state index contributed by atoms with van der Waals surface area (Å²) >= 11 is 0. The van der Waals surface area contributed by atoms with Crippen LogP contribution in [-0.4, -0.2) is 15.5 Å². The SMILES string of the molecule is CCC(C)(CC)Nc1cc(C)nc(C(C)C)n1. The van der Waals surface area contributed by atoms with Crippen LogP contribution in [0.3, 0.4) is 0 Å². The summed E-state index contributed by atoms with van der Waals surface area (Å²) in [4.78, 5) is 9.06. The van der Waals surface area contributed by atoms with Crippen LogP contribution in [0, 0.1) is 6.92 Å². The molecule has 0 amide bonds. The van der Waals surface area contributed by atoms with Crippen molar-refractivity contribution in [3.05, 3.63) is 17.6 Å². The number of hydrogen-bond acceptors (Lipinski definition) is 3. The molecule has 0 unspecified atom stereocenters. The van der Waals surface area contributed by atoms with E-state index in [9.17, 15) is 0 Å². The Kier molecular flexibility index (Phi) is 4.49. The molecule has 0 fully saturated rings. The molecule has 0 saturated carbocycles. The molecule has 96 valence electrons. The van der Waals surface area contributed by atoms with Crippen molar-refractivity contribution in [1.82, 2.24) is 9.97 Å². The largest absolute Gasteiger partial charge is 0.365 e. The van der Waals surface area contributed by atoms with Crippen molar-refractivity contribution >= 4 is 5.82 Å². The Bertz CT molecular complexity index is 368. The summed E-state index contributed by atoms with van der Waals surface area (Å²) in [6, 6.07) is 2.02. The van der Waals surface area contributed by atoms with Gasteiger partial charge in [0, 0.05) is 23.2 Å². The average Bonchev–Trinajstić information content (AvgIpc) is 2.28. The molecule has 1 rings (SSSR count). The molecule has 3 heteroatoms. The molecular formula is C14H25N3. The van der Waals surface area contributed by atoms with Gasteiger partial charge in [-0.3, -0.25) is 0 Å². The molecule has 0 spiro atoms. The third-order valence-electron chi connectivity index (χ3n) is 3.38. The van der Waals surface area contributed by atoms with E-state index in [0.29, 0.717) is 5.92 Å². The lowest BCUT2D eigenvalue weighted by molar-refractivity contribution is 0.476. The summed E-state index contributed by atoms with van der Waals surface area (Å²) in [7, 11) is 0. The Labute approximate surface area is 105 Å². The van der Waals surface area contributed by atoms with Crippen LogP contribution < -0.4 is 5.32 Å². The minimum absolute atomic E-state index is 0.120. The van der Waals surface area contributed by atoms with Crippen LogP contribution in [0.25, 0.3) is 0 Å². The standard InChI is InChI=1S/C14H25N3/c1-7-14(6,8-2)17-12-9-11(5)15-13(16-12)10(3)4/h9-10H,7-8H2,1-6H3,(H,15,16,17). The second kappa shape index (κ2) is 5.48. The zero-order chi connectivity index (χ0) is 13.1. The van der Waals surface area contributed by atoms with Gasteiger partial charge in [-0.25, -0.2) is 9.97 Å². The summed E-state index contributed by atoms with van der Waals surface area (Å²) in [5, 5.41) is 3.54. The molecule has 0 atom stereocenters. The second-order valence-corrected chi connectivity index (χ2v) is 5.30. The second-order valence-electron chi connectivity index (χ2n) is 5.30. The average molecular weight is 235 g/mol. The molecule has 1 N–H and O–H groups in total. The van der Waals surface area contributed by atoms with E-state index in [1.807, 2.05) is 13.0 Å². The normalized spacial score (nSPS) is 11.9. The highest BCUT2D eigenvalue weighted by Crippen LogP contribution is 2.22. The van der Waals surface area contributed by atoms with Gasteiger partial charge in [0.05, 0.1) is 0 Å². The fourth-order valence-electron chi connectivity index (χ4n) is 1.65. The molecule has 0 aromatic carbocycles. The van der Waals surface area contributed by atoms with E-state index in [2.05, 4.69) is 49.9 Å². The molecule has 0 saturated heterocycles. The molecule has 3 nitrogen and oxygen atoms in total. The number of nitrogens with zero attached hydrogens (tertiary/aromatic N) is 2. The van der Waals surface area contributed by atoms with Gasteiger partial charge in [0.1, 0.15) is 11.6 Å². The lowest BCUT2D eigenvalue weighted by atomic mass is 9.95. The lowest BCUT2D eigenvalue weighted by Crippen LogP contribution is -2.33. The number of aryl methyl sites for hydroxylation is 1. The molecule has 0 radical (unpaired) electrons. The molecule has 1 aromatic heterocycles. The van der Waals surface area contributed by atoms with E-state index in [-0.39, 0.29) is 5.54 Å². The minimum atomic E-state index is 0.120. The number of rotatable bonds is 5. The van der Waals surface area contributed by atoms with Crippen LogP contribution in [0.4, 0.5) is 5.82 Å². The van der Waals surface area contributed by atoms with Crippen LogP contribution in [-0.2, 0) is 0 Å². The van der Waals surface area contributed by atoms with Crippen molar-refractivity contribution in [2.45, 2.75) is 65.8 Å². The van der Waals surface area contributed by atoms with Gasteiger partial charge in [0.2, 0.25) is 0 Å². The fourth-order valence-corrected chi connectivity index (χ4v) is 1.65. The monoisotopic (exact) mass is 235 g/mol. The number of aromatic nitrogens is 2. The third kappa shape index (κ3) is 3.69. The molecule has 1 aromatic rings. The molecule has 0 aliphatic heterocycles. The molecule has 0 aliphatic carbocycles. The van der Waals surface area contributed by atoms with Gasteiger partial charge in [0.25, 0.3) is 0 Å². The summed E-state index contributed by atoms with van der Waals surface area (Å²) in [6.07, 6.45) is 2.17. The summed E-state index contributed by atoms with van der Waals surface area (Å²) < 4.78 is 0. The Hall–Kier alpha value is -1.12. The first kappa shape index (κ1) is 13.9. The zero-order valence-electron chi connectivity index (χ0n) is 12.0. The van der Waals surface area contributed by atoms with E-state index in [4.69, 9.17) is 0 Å². The third-order valence-corrected chi connectivity index (χ3v) is 3.38. The maximum Gasteiger partial charge on any atom is 0.133 e. The van der Waals surface area contributed by atoms with Gasteiger partial charge in [-0.1, -0.05) is 27.7 Å². The van der Waals surface area contributed by atoms with Crippen LogP contribution >= 0.6 is 0 Å². The summed E-state index contributed by atoms with van der Waals surface area (Å²) in [5.74, 6) is 2.24. The smallest absolute Gasteiger partial charge is 0.133 e. The molecule has 0 bridgehead atoms. The molecule has 1 heterocycles. The van der Waals surface area contributed by atoms with Crippen LogP contribution in [0.5, 0.6) is 0 Å².